The third-order valence-electron chi connectivity index (χ3n) is 6.75. The summed E-state index contributed by atoms with van der Waals surface area (Å²) in [6.07, 6.45) is -0.601. The molecule has 1 saturated carbocycles. The predicted octanol–water partition coefficient (Wildman–Crippen LogP) is 6.04. The summed E-state index contributed by atoms with van der Waals surface area (Å²) in [4.78, 5) is 24.5. The molecule has 0 aliphatic heterocycles. The van der Waals surface area contributed by atoms with Crippen LogP contribution in [0.1, 0.15) is 23.5 Å². The lowest BCUT2D eigenvalue weighted by atomic mass is 10.1. The van der Waals surface area contributed by atoms with Crippen molar-refractivity contribution in [1.82, 2.24) is 4.72 Å². The van der Waals surface area contributed by atoms with E-state index in [2.05, 4.69) is 10.0 Å². The number of carboxylic acids is 1. The topological polar surface area (TPSA) is 122 Å². The molecule has 204 valence electrons. The van der Waals surface area contributed by atoms with E-state index in [4.69, 9.17) is 16.3 Å². The van der Waals surface area contributed by atoms with Crippen molar-refractivity contribution in [1.29, 1.82) is 0 Å². The standard InChI is InChI=1S/C30H25ClN2O6S/c31-24-13-9-21(10-14-24)22-11-15-26(16-12-22)40(37,38)33-30(28(34)35)18-27(30)23-7-4-8-25(17-23)32-29(36)39-19-20-5-2-1-3-6-20/h1-17,27,33H,18-19H2,(H,32,36)(H,34,35)/t27-,30+/m0/s1. The van der Waals surface area contributed by atoms with Crippen molar-refractivity contribution in [3.63, 3.8) is 0 Å². The number of halogens is 1. The van der Waals surface area contributed by atoms with E-state index < -0.39 is 33.5 Å². The molecule has 0 saturated heterocycles. The van der Waals surface area contributed by atoms with E-state index in [1.54, 1.807) is 48.5 Å². The monoisotopic (exact) mass is 576 g/mol. The average Bonchev–Trinajstić information content (AvgIpc) is 3.68. The predicted molar refractivity (Wildman–Crippen MR) is 152 cm³/mol. The molecule has 0 heterocycles. The van der Waals surface area contributed by atoms with E-state index in [0.717, 1.165) is 16.7 Å². The summed E-state index contributed by atoms with van der Waals surface area (Å²) < 4.78 is 34.1. The van der Waals surface area contributed by atoms with Crippen LogP contribution in [0.15, 0.2) is 108 Å². The minimum Gasteiger partial charge on any atom is -0.480 e. The van der Waals surface area contributed by atoms with Gasteiger partial charge in [-0.3, -0.25) is 10.1 Å². The van der Waals surface area contributed by atoms with Gasteiger partial charge in [0, 0.05) is 16.6 Å². The Morgan fingerprint density at radius 1 is 0.900 bits per heavy atom. The minimum absolute atomic E-state index is 0.0481. The third-order valence-corrected chi connectivity index (χ3v) is 8.53. The number of hydrogen-bond acceptors (Lipinski definition) is 5. The molecule has 5 rings (SSSR count). The number of anilines is 1. The van der Waals surface area contributed by atoms with Crippen LogP contribution in [0.3, 0.4) is 0 Å². The lowest BCUT2D eigenvalue weighted by molar-refractivity contribution is -0.140. The number of nitrogens with one attached hydrogen (secondary N) is 2. The number of sulfonamides is 1. The van der Waals surface area contributed by atoms with Crippen LogP contribution in [-0.4, -0.2) is 31.1 Å². The first kappa shape index (κ1) is 27.4. The van der Waals surface area contributed by atoms with E-state index in [0.29, 0.717) is 16.3 Å². The largest absolute Gasteiger partial charge is 0.480 e. The van der Waals surface area contributed by atoms with Crippen LogP contribution in [0, 0.1) is 0 Å². The van der Waals surface area contributed by atoms with Gasteiger partial charge in [0.15, 0.2) is 0 Å². The second-order valence-electron chi connectivity index (χ2n) is 9.48. The highest BCUT2D eigenvalue weighted by atomic mass is 35.5. The SMILES string of the molecule is O=C(Nc1cccc([C@@H]2C[C@]2(NS(=O)(=O)c2ccc(-c3ccc(Cl)cc3)cc2)C(=O)O)c1)OCc1ccccc1. The number of aliphatic carboxylic acids is 1. The maximum Gasteiger partial charge on any atom is 0.411 e. The Morgan fingerprint density at radius 2 is 1.55 bits per heavy atom. The van der Waals surface area contributed by atoms with Gasteiger partial charge in [-0.25, -0.2) is 13.2 Å². The van der Waals surface area contributed by atoms with E-state index in [1.165, 1.54) is 12.1 Å². The third kappa shape index (κ3) is 6.02. The van der Waals surface area contributed by atoms with Crippen LogP contribution < -0.4 is 10.0 Å². The number of carbonyl (C=O) groups is 2. The molecule has 4 aromatic carbocycles. The fraction of sp³-hybridized carbons (Fsp3) is 0.133. The van der Waals surface area contributed by atoms with Gasteiger partial charge >= 0.3 is 12.1 Å². The molecule has 1 amide bonds. The van der Waals surface area contributed by atoms with Gasteiger partial charge in [-0.15, -0.1) is 0 Å². The van der Waals surface area contributed by atoms with Gasteiger partial charge in [-0.2, -0.15) is 4.72 Å². The molecular formula is C30H25ClN2O6S. The molecule has 40 heavy (non-hydrogen) atoms. The molecule has 1 aliphatic carbocycles. The summed E-state index contributed by atoms with van der Waals surface area (Å²) in [5, 5.41) is 13.3. The molecule has 0 bridgehead atoms. The molecule has 4 aromatic rings. The lowest BCUT2D eigenvalue weighted by Gasteiger charge is -2.16. The van der Waals surface area contributed by atoms with Gasteiger partial charge in [0.05, 0.1) is 4.90 Å². The zero-order valence-electron chi connectivity index (χ0n) is 21.1. The number of carbonyl (C=O) groups excluding carboxylic acids is 1. The Bertz CT molecular complexity index is 1640. The number of rotatable bonds is 9. The lowest BCUT2D eigenvalue weighted by Crippen LogP contribution is -2.44. The highest BCUT2D eigenvalue weighted by Crippen LogP contribution is 2.52. The van der Waals surface area contributed by atoms with Crippen molar-refractivity contribution in [3.8, 4) is 11.1 Å². The van der Waals surface area contributed by atoms with Crippen LogP contribution in [0.5, 0.6) is 0 Å². The first-order valence-corrected chi connectivity index (χ1v) is 14.2. The smallest absolute Gasteiger partial charge is 0.411 e. The van der Waals surface area contributed by atoms with Crippen molar-refractivity contribution in [2.45, 2.75) is 29.4 Å². The molecule has 10 heteroatoms. The molecule has 0 radical (unpaired) electrons. The van der Waals surface area contributed by atoms with Gasteiger partial charge in [-0.1, -0.05) is 78.3 Å². The molecule has 0 spiro atoms. The van der Waals surface area contributed by atoms with Gasteiger partial charge in [-0.05, 0) is 65.1 Å². The summed E-state index contributed by atoms with van der Waals surface area (Å²) in [6, 6.07) is 29.2. The molecule has 2 atom stereocenters. The summed E-state index contributed by atoms with van der Waals surface area (Å²) in [6.45, 7) is 0.0968. The zero-order valence-corrected chi connectivity index (χ0v) is 22.7. The fourth-order valence-corrected chi connectivity index (χ4v) is 6.07. The quantitative estimate of drug-likeness (QED) is 0.223. The average molecular weight is 577 g/mol. The molecule has 0 unspecified atom stereocenters. The second kappa shape index (κ2) is 11.1. The summed E-state index contributed by atoms with van der Waals surface area (Å²) in [5.74, 6) is -1.91. The van der Waals surface area contributed by atoms with E-state index in [9.17, 15) is 23.1 Å². The Labute approximate surface area is 236 Å². The van der Waals surface area contributed by atoms with Crippen LogP contribution in [-0.2, 0) is 26.2 Å². The van der Waals surface area contributed by atoms with Crippen molar-refractivity contribution in [3.05, 3.63) is 119 Å². The highest BCUT2D eigenvalue weighted by molar-refractivity contribution is 7.89. The zero-order chi connectivity index (χ0) is 28.3. The number of amides is 1. The van der Waals surface area contributed by atoms with Gasteiger partial charge in [0.2, 0.25) is 10.0 Å². The number of ether oxygens (including phenoxy) is 1. The highest BCUT2D eigenvalue weighted by Gasteiger charge is 2.63. The van der Waals surface area contributed by atoms with Crippen LogP contribution in [0.25, 0.3) is 11.1 Å². The maximum atomic E-state index is 13.2. The van der Waals surface area contributed by atoms with E-state index >= 15 is 0 Å². The summed E-state index contributed by atoms with van der Waals surface area (Å²) >= 11 is 5.94. The Balaban J connectivity index is 1.27. The minimum atomic E-state index is -4.15. The number of benzene rings is 4. The Morgan fingerprint density at radius 3 is 2.20 bits per heavy atom. The van der Waals surface area contributed by atoms with Crippen molar-refractivity contribution in [2.24, 2.45) is 0 Å². The first-order chi connectivity index (χ1) is 19.2. The van der Waals surface area contributed by atoms with Crippen LogP contribution in [0.4, 0.5) is 10.5 Å². The molecule has 1 fully saturated rings. The van der Waals surface area contributed by atoms with Crippen molar-refractivity contribution in [2.75, 3.05) is 5.32 Å². The van der Waals surface area contributed by atoms with Crippen molar-refractivity contribution >= 4 is 39.4 Å². The molecule has 3 N–H and O–H groups in total. The number of carboxylic acid groups (broad SMARTS) is 1. The molecule has 1 aliphatic rings. The maximum absolute atomic E-state index is 13.2. The molecule has 0 aromatic heterocycles. The number of hydrogen-bond donors (Lipinski definition) is 3. The van der Waals surface area contributed by atoms with E-state index in [-0.39, 0.29) is 17.9 Å². The normalized spacial score (nSPS) is 18.1. The van der Waals surface area contributed by atoms with Gasteiger partial charge in [0.1, 0.15) is 12.1 Å². The summed E-state index contributed by atoms with van der Waals surface area (Å²) in [5.41, 5.74) is 1.76. The van der Waals surface area contributed by atoms with Crippen molar-refractivity contribution < 1.29 is 27.9 Å². The molecule has 8 nitrogen and oxygen atoms in total. The van der Waals surface area contributed by atoms with E-state index in [1.807, 2.05) is 42.5 Å². The Kier molecular flexibility index (Phi) is 7.62. The van der Waals surface area contributed by atoms with Crippen LogP contribution in [0.2, 0.25) is 5.02 Å². The van der Waals surface area contributed by atoms with Crippen LogP contribution >= 0.6 is 11.6 Å². The first-order valence-electron chi connectivity index (χ1n) is 12.4. The second-order valence-corrected chi connectivity index (χ2v) is 11.6. The van der Waals surface area contributed by atoms with Gasteiger partial charge in [0.25, 0.3) is 0 Å². The summed E-state index contributed by atoms with van der Waals surface area (Å²) in [7, 11) is -4.15. The fourth-order valence-electron chi connectivity index (χ4n) is 4.54. The van der Waals surface area contributed by atoms with Gasteiger partial charge < -0.3 is 9.84 Å². The Hall–Kier alpha value is -4.18. The molecular weight excluding hydrogens is 552 g/mol.